The van der Waals surface area contributed by atoms with Crippen molar-refractivity contribution in [1.82, 2.24) is 35.8 Å². The number of aromatic amines is 1. The Kier molecular flexibility index (Phi) is 13.6. The molecular weight excluding hydrogens is 975 g/mol. The van der Waals surface area contributed by atoms with E-state index in [2.05, 4.69) is 78.1 Å². The summed E-state index contributed by atoms with van der Waals surface area (Å²) in [5.41, 5.74) is 11.0. The Morgan fingerprint density at radius 1 is 1.09 bits per heavy atom. The van der Waals surface area contributed by atoms with E-state index < -0.39 is 47.3 Å². The summed E-state index contributed by atoms with van der Waals surface area (Å²) in [6.45, 7) is 3.62. The molecule has 3 aromatic heterocycles. The van der Waals surface area contributed by atoms with Gasteiger partial charge in [0.05, 0.1) is 41.6 Å². The maximum atomic E-state index is 12.9. The van der Waals surface area contributed by atoms with Crippen LogP contribution in [-0.4, -0.2) is 98.9 Å². The molecule has 17 nitrogen and oxygen atoms in total. The number of phenolic OH excluding ortho intramolecular Hbond substituents is 3. The Morgan fingerprint density at radius 2 is 2.00 bits per heavy atom. The van der Waals surface area contributed by atoms with Crippen LogP contribution in [0.2, 0.25) is 0 Å². The summed E-state index contributed by atoms with van der Waals surface area (Å²) in [5, 5.41) is 50.0. The van der Waals surface area contributed by atoms with Crippen molar-refractivity contribution in [3.8, 4) is 40.6 Å². The summed E-state index contributed by atoms with van der Waals surface area (Å²) in [5.74, 6) is 7.45. The molecule has 77 heavy (non-hydrogen) atoms. The van der Waals surface area contributed by atoms with Crippen molar-refractivity contribution in [1.29, 1.82) is 0 Å². The lowest BCUT2D eigenvalue weighted by Gasteiger charge is -2.64. The maximum absolute atomic E-state index is 12.9. The number of guanidine groups is 1. The number of pyridine rings is 1. The molecule has 10 N–H and O–H groups in total. The van der Waals surface area contributed by atoms with Crippen LogP contribution >= 0.6 is 0 Å². The number of nitrogens with two attached hydrogens (primary N) is 1. The molecule has 8 heterocycles. The zero-order chi connectivity index (χ0) is 52.8. The number of allylic oxidation sites excluding steroid dienone is 3. The van der Waals surface area contributed by atoms with Gasteiger partial charge in [0.25, 0.3) is 0 Å². The molecule has 2 aliphatic carbocycles. The molecule has 5 aliphatic heterocycles. The van der Waals surface area contributed by atoms with Gasteiger partial charge in [-0.05, 0) is 123 Å². The van der Waals surface area contributed by atoms with Crippen molar-refractivity contribution in [2.75, 3.05) is 33.3 Å². The number of dihydropyridines is 1. The first-order valence-electron chi connectivity index (χ1n) is 27.4. The quantitative estimate of drug-likeness (QED) is 0.0205. The Morgan fingerprint density at radius 3 is 2.84 bits per heavy atom. The fourth-order valence-electron chi connectivity index (χ4n) is 14.0. The lowest BCUT2D eigenvalue weighted by molar-refractivity contribution is -0.179. The number of fused-ring (bicyclic) bond motifs is 13. The Balaban J connectivity index is 0.936. The number of nitrogens with one attached hydrogen (secondary N) is 5. The molecule has 11 unspecified atom stereocenters. The standard InChI is InChI=1S/C60H69N9O8/c1-35(70)75-51-31-50(40-29-48(72)55(73)53(30-40)74-25-18-37-7-4-21-63-32-37)77-56-42(51)12-10-39-11-13-44-49(76-52-27-38(26-43(39)56)9-14-47(52)71)8-3-19-60(44)59(34-62-2)20-15-46-41-17-24-64-45(41)33-69(46)57(59)67-58(68-60)66-22-5-6-36-16-23-65-54(61)28-36/h4,7,9-10,12,14,16-17,21,24,27-30,32-33,39,42-44,49-51,56-57,62,64-65,71-73H,3,5-6,8,15,18-20,22-23,25-26,31,34,61H2,1-2H3,(H2,66,67,68). The number of H-pyrrole nitrogens is 1. The zero-order valence-electron chi connectivity index (χ0n) is 43.6. The minimum atomic E-state index is -0.686. The number of aryl methyl sites for hydroxylation is 1. The van der Waals surface area contributed by atoms with E-state index in [0.29, 0.717) is 56.0 Å². The van der Waals surface area contributed by atoms with E-state index in [9.17, 15) is 20.1 Å². The van der Waals surface area contributed by atoms with Gasteiger partial charge in [-0.1, -0.05) is 42.2 Å². The summed E-state index contributed by atoms with van der Waals surface area (Å²) in [6, 6.07) is 14.8. The number of hydrogen-bond acceptors (Lipinski definition) is 13. The number of nitrogens with zero attached hydrogens (tertiary/aromatic N) is 3. The molecule has 0 amide bonds. The molecule has 2 aromatic carbocycles. The number of carbonyl (C=O) groups is 1. The molecule has 12 rings (SSSR count). The van der Waals surface area contributed by atoms with Crippen molar-refractivity contribution in [3.05, 3.63) is 131 Å². The monoisotopic (exact) mass is 1040 g/mol. The van der Waals surface area contributed by atoms with E-state index in [1.54, 1.807) is 24.5 Å². The molecule has 2 bridgehead atoms. The average Bonchev–Trinajstić information content (AvgIpc) is 4.05. The molecule has 17 heteroatoms. The number of aromatic nitrogens is 3. The molecular formula is C60H69N9O8. The lowest BCUT2D eigenvalue weighted by atomic mass is 9.52. The maximum Gasteiger partial charge on any atom is 0.302 e. The molecule has 402 valence electrons. The van der Waals surface area contributed by atoms with E-state index in [4.69, 9.17) is 29.7 Å². The third kappa shape index (κ3) is 9.39. The van der Waals surface area contributed by atoms with Gasteiger partial charge >= 0.3 is 5.97 Å². The summed E-state index contributed by atoms with van der Waals surface area (Å²) in [6.07, 6.45) is 21.0. The summed E-state index contributed by atoms with van der Waals surface area (Å²) >= 11 is 0. The molecule has 3 fully saturated rings. The molecule has 7 aliphatic rings. The molecule has 2 saturated heterocycles. The van der Waals surface area contributed by atoms with Crippen molar-refractivity contribution >= 4 is 22.8 Å². The van der Waals surface area contributed by atoms with Crippen LogP contribution in [0.3, 0.4) is 0 Å². The lowest BCUT2D eigenvalue weighted by Crippen LogP contribution is -2.79. The van der Waals surface area contributed by atoms with Gasteiger partial charge in [0, 0.05) is 98.4 Å². The number of benzene rings is 2. The number of rotatable bonds is 12. The highest BCUT2D eigenvalue weighted by molar-refractivity contribution is 5.85. The zero-order valence-corrected chi connectivity index (χ0v) is 43.6. The predicted octanol–water partition coefficient (Wildman–Crippen LogP) is 6.84. The normalized spacial score (nSPS) is 30.4. The largest absolute Gasteiger partial charge is 0.504 e. The molecule has 1 spiro atoms. The van der Waals surface area contributed by atoms with E-state index in [1.165, 1.54) is 29.6 Å². The third-order valence-corrected chi connectivity index (χ3v) is 17.5. The Hall–Kier alpha value is -7.55. The van der Waals surface area contributed by atoms with Crippen molar-refractivity contribution in [2.45, 2.75) is 107 Å². The van der Waals surface area contributed by atoms with Crippen LogP contribution in [0.5, 0.6) is 28.7 Å². The third-order valence-electron chi connectivity index (χ3n) is 17.5. The number of aliphatic imine (C=N–C) groups is 1. The van der Waals surface area contributed by atoms with Gasteiger partial charge in [0.2, 0.25) is 5.75 Å². The van der Waals surface area contributed by atoms with Gasteiger partial charge in [-0.2, -0.15) is 0 Å². The van der Waals surface area contributed by atoms with Gasteiger partial charge in [-0.25, -0.2) is 0 Å². The fraction of sp³-hybridized carbons (Fsp3) is 0.450. The number of hydrogen-bond donors (Lipinski definition) is 9. The highest BCUT2D eigenvalue weighted by atomic mass is 16.6. The van der Waals surface area contributed by atoms with Crippen LogP contribution in [-0.2, 0) is 33.5 Å². The first kappa shape index (κ1) is 50.3. The smallest absolute Gasteiger partial charge is 0.302 e. The van der Waals surface area contributed by atoms with Crippen LogP contribution in [0.4, 0.5) is 0 Å². The second-order valence-corrected chi connectivity index (χ2v) is 22.0. The molecule has 5 aromatic rings. The Labute approximate surface area is 448 Å². The predicted molar refractivity (Wildman–Crippen MR) is 291 cm³/mol. The second-order valence-electron chi connectivity index (χ2n) is 22.0. The van der Waals surface area contributed by atoms with Crippen LogP contribution in [0.15, 0.2) is 114 Å². The van der Waals surface area contributed by atoms with Crippen LogP contribution < -0.4 is 36.5 Å². The fourth-order valence-corrected chi connectivity index (χ4v) is 14.0. The number of aromatic hydroxyl groups is 3. The number of carbonyl (C=O) groups excluding carboxylic acids is 1. The van der Waals surface area contributed by atoms with E-state index in [0.717, 1.165) is 67.5 Å². The van der Waals surface area contributed by atoms with E-state index >= 15 is 0 Å². The van der Waals surface area contributed by atoms with Crippen LogP contribution in [0, 0.1) is 40.9 Å². The first-order valence-corrected chi connectivity index (χ1v) is 27.4. The first-order chi connectivity index (χ1) is 37.5. The molecule has 1 saturated carbocycles. The summed E-state index contributed by atoms with van der Waals surface area (Å²) in [4.78, 5) is 25.9. The number of phenols is 3. The number of esters is 1. The summed E-state index contributed by atoms with van der Waals surface area (Å²) < 4.78 is 29.1. The van der Waals surface area contributed by atoms with Gasteiger partial charge in [-0.3, -0.25) is 14.8 Å². The van der Waals surface area contributed by atoms with Crippen LogP contribution in [0.1, 0.15) is 86.5 Å². The minimum absolute atomic E-state index is 0.0558. The number of ether oxygens (including phenoxy) is 4. The Bertz CT molecular complexity index is 3230. The van der Waals surface area contributed by atoms with Gasteiger partial charge in [0.1, 0.15) is 18.4 Å². The van der Waals surface area contributed by atoms with Gasteiger partial charge in [-0.15, -0.1) is 0 Å². The average molecular weight is 1040 g/mol. The highest BCUT2D eigenvalue weighted by Crippen LogP contribution is 2.58. The van der Waals surface area contributed by atoms with Crippen molar-refractivity contribution in [3.63, 3.8) is 0 Å². The van der Waals surface area contributed by atoms with E-state index in [-0.39, 0.29) is 53.5 Å². The van der Waals surface area contributed by atoms with Crippen molar-refractivity contribution < 1.29 is 39.1 Å². The summed E-state index contributed by atoms with van der Waals surface area (Å²) in [7, 11) is 2.03. The van der Waals surface area contributed by atoms with Gasteiger partial charge in [0.15, 0.2) is 29.0 Å². The second kappa shape index (κ2) is 20.8. The molecule has 0 radical (unpaired) electrons. The SMILES string of the molecule is CNCC12CCc3c4cc[nH]c4cn3C1NC(=NCCCC1=CCNC(N)=C1)NC21CCCC2Oc3cc(ccc3O)CC3C(C#CC21)C=CC1C(OC(C)=O)CC(c2cc(O)c(O)c(OCCc4cccnc4)c2)OC13. The molecule has 11 atom stereocenters. The van der Waals surface area contributed by atoms with Crippen LogP contribution in [0.25, 0.3) is 10.9 Å². The minimum Gasteiger partial charge on any atom is -0.504 e. The van der Waals surface area contributed by atoms with E-state index in [1.807, 2.05) is 43.6 Å². The van der Waals surface area contributed by atoms with Crippen molar-refractivity contribution in [2.24, 2.45) is 39.8 Å². The highest BCUT2D eigenvalue weighted by Gasteiger charge is 2.66. The topological polar surface area (TPSA) is 235 Å². The van der Waals surface area contributed by atoms with Gasteiger partial charge < -0.3 is 70.8 Å².